The molecule has 2 atom stereocenters. The van der Waals surface area contributed by atoms with Crippen LogP contribution >= 0.6 is 15.9 Å². The third-order valence-electron chi connectivity index (χ3n) is 3.20. The van der Waals surface area contributed by atoms with Crippen LogP contribution in [0.5, 0.6) is 0 Å². The second-order valence-corrected chi connectivity index (χ2v) is 5.51. The summed E-state index contributed by atoms with van der Waals surface area (Å²) < 4.78 is 0. The van der Waals surface area contributed by atoms with E-state index in [1.807, 2.05) is 24.3 Å². The Labute approximate surface area is 118 Å². The van der Waals surface area contributed by atoms with Gasteiger partial charge < -0.3 is 5.32 Å². The molecule has 2 unspecified atom stereocenters. The van der Waals surface area contributed by atoms with Gasteiger partial charge in [-0.05, 0) is 37.0 Å². The molecule has 0 heterocycles. The van der Waals surface area contributed by atoms with Gasteiger partial charge in [-0.15, -0.1) is 0 Å². The molecule has 1 aromatic rings. The lowest BCUT2D eigenvalue weighted by molar-refractivity contribution is 0.0935. The van der Waals surface area contributed by atoms with Gasteiger partial charge in [-0.25, -0.2) is 0 Å². The molecule has 0 aromatic heterocycles. The Morgan fingerprint density at radius 2 is 1.89 bits per heavy atom. The van der Waals surface area contributed by atoms with Gasteiger partial charge in [0.05, 0.1) is 0 Å². The van der Waals surface area contributed by atoms with E-state index in [0.29, 0.717) is 5.92 Å². The Balaban J connectivity index is 2.53. The van der Waals surface area contributed by atoms with Crippen LogP contribution in [0.2, 0.25) is 0 Å². The third-order valence-corrected chi connectivity index (χ3v) is 3.85. The predicted molar refractivity (Wildman–Crippen MR) is 80.1 cm³/mol. The Kier molecular flexibility index (Phi) is 6.41. The van der Waals surface area contributed by atoms with Crippen molar-refractivity contribution in [3.05, 3.63) is 35.4 Å². The Morgan fingerprint density at radius 1 is 1.28 bits per heavy atom. The lowest BCUT2D eigenvalue weighted by Crippen LogP contribution is -2.33. The van der Waals surface area contributed by atoms with Crippen molar-refractivity contribution in [2.24, 2.45) is 5.92 Å². The number of hydrogen-bond donors (Lipinski definition) is 1. The quantitative estimate of drug-likeness (QED) is 0.786. The molecule has 0 aliphatic rings. The van der Waals surface area contributed by atoms with Gasteiger partial charge in [0.2, 0.25) is 0 Å². The summed E-state index contributed by atoms with van der Waals surface area (Å²) in [6.07, 6.45) is 2.18. The van der Waals surface area contributed by atoms with Gasteiger partial charge in [-0.3, -0.25) is 4.79 Å². The van der Waals surface area contributed by atoms with Crippen molar-refractivity contribution in [3.8, 4) is 0 Å². The minimum absolute atomic E-state index is 0.0203. The topological polar surface area (TPSA) is 29.1 Å². The maximum atomic E-state index is 12.0. The summed E-state index contributed by atoms with van der Waals surface area (Å²) in [5.74, 6) is 0.669. The van der Waals surface area contributed by atoms with E-state index in [0.717, 1.165) is 23.7 Å². The van der Waals surface area contributed by atoms with Gasteiger partial charge >= 0.3 is 0 Å². The Hall–Kier alpha value is -0.830. The SMILES string of the molecule is CCC(C)CC(C)NC(=O)c1ccc(CBr)cc1. The molecule has 0 spiro atoms. The number of carbonyl (C=O) groups is 1. The van der Waals surface area contributed by atoms with Crippen LogP contribution in [0, 0.1) is 5.92 Å². The summed E-state index contributed by atoms with van der Waals surface area (Å²) >= 11 is 3.39. The molecular weight excluding hydrogens is 290 g/mol. The second kappa shape index (κ2) is 7.57. The fourth-order valence-corrected chi connectivity index (χ4v) is 2.26. The standard InChI is InChI=1S/C15H22BrNO/c1-4-11(2)9-12(3)17-15(18)14-7-5-13(10-16)6-8-14/h5-8,11-12H,4,9-10H2,1-3H3,(H,17,18). The molecule has 0 bridgehead atoms. The molecule has 18 heavy (non-hydrogen) atoms. The number of hydrogen-bond acceptors (Lipinski definition) is 1. The molecule has 2 nitrogen and oxygen atoms in total. The van der Waals surface area contributed by atoms with Crippen molar-refractivity contribution in [3.63, 3.8) is 0 Å². The highest BCUT2D eigenvalue weighted by Gasteiger charge is 2.11. The molecule has 1 aromatic carbocycles. The molecule has 0 fully saturated rings. The molecule has 0 saturated carbocycles. The normalized spacial score (nSPS) is 14.0. The van der Waals surface area contributed by atoms with Crippen LogP contribution in [-0.2, 0) is 5.33 Å². The summed E-state index contributed by atoms with van der Waals surface area (Å²) in [5, 5.41) is 3.87. The molecule has 1 rings (SSSR count). The van der Waals surface area contributed by atoms with Gasteiger partial charge in [0.1, 0.15) is 0 Å². The average molecular weight is 312 g/mol. The van der Waals surface area contributed by atoms with Gasteiger partial charge in [-0.2, -0.15) is 0 Å². The van der Waals surface area contributed by atoms with E-state index >= 15 is 0 Å². The van der Waals surface area contributed by atoms with E-state index in [9.17, 15) is 4.79 Å². The van der Waals surface area contributed by atoms with E-state index in [4.69, 9.17) is 0 Å². The predicted octanol–water partition coefficient (Wildman–Crippen LogP) is 4.14. The lowest BCUT2D eigenvalue weighted by atomic mass is 10.00. The first kappa shape index (κ1) is 15.2. The number of alkyl halides is 1. The zero-order chi connectivity index (χ0) is 13.5. The zero-order valence-corrected chi connectivity index (χ0v) is 13.0. The van der Waals surface area contributed by atoms with Crippen molar-refractivity contribution >= 4 is 21.8 Å². The Bertz CT molecular complexity index is 375. The van der Waals surface area contributed by atoms with Crippen molar-refractivity contribution in [1.29, 1.82) is 0 Å². The molecule has 0 aliphatic carbocycles. The van der Waals surface area contributed by atoms with Crippen LogP contribution in [0.4, 0.5) is 0 Å². The van der Waals surface area contributed by atoms with Gasteiger partial charge in [0, 0.05) is 16.9 Å². The highest BCUT2D eigenvalue weighted by atomic mass is 79.9. The molecular formula is C15H22BrNO. The lowest BCUT2D eigenvalue weighted by Gasteiger charge is -2.17. The maximum absolute atomic E-state index is 12.0. The molecule has 0 radical (unpaired) electrons. The summed E-state index contributed by atoms with van der Waals surface area (Å²) in [6, 6.07) is 7.93. The van der Waals surface area contributed by atoms with Crippen molar-refractivity contribution in [1.82, 2.24) is 5.32 Å². The summed E-state index contributed by atoms with van der Waals surface area (Å²) in [5.41, 5.74) is 1.91. The summed E-state index contributed by atoms with van der Waals surface area (Å²) in [6.45, 7) is 6.46. The number of amides is 1. The van der Waals surface area contributed by atoms with Crippen LogP contribution in [0.1, 0.15) is 49.5 Å². The number of rotatable bonds is 6. The highest BCUT2D eigenvalue weighted by Crippen LogP contribution is 2.11. The van der Waals surface area contributed by atoms with E-state index in [2.05, 4.69) is 42.0 Å². The van der Waals surface area contributed by atoms with E-state index < -0.39 is 0 Å². The fourth-order valence-electron chi connectivity index (χ4n) is 1.88. The van der Waals surface area contributed by atoms with Crippen molar-refractivity contribution in [2.75, 3.05) is 0 Å². The number of nitrogens with one attached hydrogen (secondary N) is 1. The van der Waals surface area contributed by atoms with Gasteiger partial charge in [-0.1, -0.05) is 48.3 Å². The van der Waals surface area contributed by atoms with Crippen LogP contribution in [0.3, 0.4) is 0 Å². The molecule has 1 N–H and O–H groups in total. The first-order valence-electron chi connectivity index (χ1n) is 6.52. The molecule has 0 aliphatic heterocycles. The Morgan fingerprint density at radius 3 is 2.39 bits per heavy atom. The van der Waals surface area contributed by atoms with E-state index in [1.165, 1.54) is 5.56 Å². The van der Waals surface area contributed by atoms with E-state index in [1.54, 1.807) is 0 Å². The minimum Gasteiger partial charge on any atom is -0.350 e. The molecule has 100 valence electrons. The molecule has 3 heteroatoms. The first-order valence-corrected chi connectivity index (χ1v) is 7.64. The summed E-state index contributed by atoms with van der Waals surface area (Å²) in [4.78, 5) is 12.0. The largest absolute Gasteiger partial charge is 0.350 e. The van der Waals surface area contributed by atoms with Crippen LogP contribution in [0.25, 0.3) is 0 Å². The number of halogens is 1. The smallest absolute Gasteiger partial charge is 0.251 e. The van der Waals surface area contributed by atoms with Crippen LogP contribution < -0.4 is 5.32 Å². The molecule has 1 amide bonds. The number of benzene rings is 1. The third kappa shape index (κ3) is 4.81. The highest BCUT2D eigenvalue weighted by molar-refractivity contribution is 9.08. The fraction of sp³-hybridized carbons (Fsp3) is 0.533. The number of carbonyl (C=O) groups excluding carboxylic acids is 1. The van der Waals surface area contributed by atoms with Crippen molar-refractivity contribution < 1.29 is 4.79 Å². The van der Waals surface area contributed by atoms with Gasteiger partial charge in [0.15, 0.2) is 0 Å². The van der Waals surface area contributed by atoms with Crippen LogP contribution in [0.15, 0.2) is 24.3 Å². The minimum atomic E-state index is 0.0203. The molecule has 0 saturated heterocycles. The van der Waals surface area contributed by atoms with Crippen LogP contribution in [-0.4, -0.2) is 11.9 Å². The monoisotopic (exact) mass is 311 g/mol. The van der Waals surface area contributed by atoms with Crippen molar-refractivity contribution in [2.45, 2.75) is 45.0 Å². The summed E-state index contributed by atoms with van der Waals surface area (Å²) in [7, 11) is 0. The second-order valence-electron chi connectivity index (χ2n) is 4.95. The zero-order valence-electron chi connectivity index (χ0n) is 11.4. The van der Waals surface area contributed by atoms with E-state index in [-0.39, 0.29) is 11.9 Å². The first-order chi connectivity index (χ1) is 8.56. The van der Waals surface area contributed by atoms with Gasteiger partial charge in [0.25, 0.3) is 5.91 Å². The maximum Gasteiger partial charge on any atom is 0.251 e. The average Bonchev–Trinajstić information content (AvgIpc) is 2.38.